The molecule has 1 aliphatic rings. The van der Waals surface area contributed by atoms with Crippen LogP contribution >= 0.6 is 35.1 Å². The average molecular weight is 424 g/mol. The first-order chi connectivity index (χ1) is 12.9. The van der Waals surface area contributed by atoms with E-state index in [4.69, 9.17) is 23.2 Å². The van der Waals surface area contributed by atoms with Crippen LogP contribution in [0.4, 0.5) is 0 Å². The number of halogens is 2. The maximum atomic E-state index is 12.1. The number of nitrogens with zero attached hydrogens (tertiary/aromatic N) is 2. The summed E-state index contributed by atoms with van der Waals surface area (Å²) >= 11 is 13.8. The van der Waals surface area contributed by atoms with Crippen molar-refractivity contribution in [2.24, 2.45) is 0 Å². The molecule has 0 atom stereocenters. The molecule has 0 unspecified atom stereocenters. The first-order valence-corrected chi connectivity index (χ1v) is 10.7. The summed E-state index contributed by atoms with van der Waals surface area (Å²) in [4.78, 5) is 12.1. The molecule has 4 nitrogen and oxygen atoms in total. The Balaban J connectivity index is 1.79. The zero-order valence-electron chi connectivity index (χ0n) is 15.5. The summed E-state index contributed by atoms with van der Waals surface area (Å²) in [5, 5.41) is 6.20. The van der Waals surface area contributed by atoms with Gasteiger partial charge in [0.25, 0.3) is 0 Å². The second-order valence-corrected chi connectivity index (χ2v) is 9.12. The van der Waals surface area contributed by atoms with Gasteiger partial charge in [0, 0.05) is 21.7 Å². The van der Waals surface area contributed by atoms with Crippen LogP contribution in [0.1, 0.15) is 49.9 Å². The van der Waals surface area contributed by atoms with Gasteiger partial charge in [-0.3, -0.25) is 14.2 Å². The van der Waals surface area contributed by atoms with Crippen molar-refractivity contribution >= 4 is 46.6 Å². The molecule has 7 heteroatoms. The minimum Gasteiger partial charge on any atom is -0.300 e. The molecule has 1 aromatic heterocycles. The zero-order valence-corrected chi connectivity index (χ0v) is 17.8. The first-order valence-electron chi connectivity index (χ1n) is 9.06. The summed E-state index contributed by atoms with van der Waals surface area (Å²) in [5.74, 6) is 0.0279. The topological polar surface area (TPSA) is 46.9 Å². The Labute approximate surface area is 174 Å². The third-order valence-electron chi connectivity index (χ3n) is 4.39. The highest BCUT2D eigenvalue weighted by Gasteiger charge is 2.20. The van der Waals surface area contributed by atoms with Crippen LogP contribution in [0.5, 0.6) is 0 Å². The molecule has 27 heavy (non-hydrogen) atoms. The van der Waals surface area contributed by atoms with Crippen LogP contribution in [0.3, 0.4) is 0 Å². The minimum absolute atomic E-state index is 0.0279. The number of rotatable bonds is 6. The normalized spacial score (nSPS) is 15.2. The van der Waals surface area contributed by atoms with Crippen LogP contribution in [0.15, 0.2) is 30.5 Å². The molecule has 0 saturated carbocycles. The van der Waals surface area contributed by atoms with Crippen LogP contribution < -0.4 is 4.72 Å². The fourth-order valence-corrected chi connectivity index (χ4v) is 4.06. The van der Waals surface area contributed by atoms with Crippen molar-refractivity contribution < 1.29 is 4.79 Å². The van der Waals surface area contributed by atoms with Gasteiger partial charge in [-0.05, 0) is 60.0 Å². The number of amides is 1. The molecule has 1 aliphatic carbocycles. The third kappa shape index (κ3) is 5.31. The Bertz CT molecular complexity index is 861. The molecule has 3 rings (SSSR count). The van der Waals surface area contributed by atoms with Gasteiger partial charge in [0.15, 0.2) is 0 Å². The van der Waals surface area contributed by atoms with Crippen molar-refractivity contribution in [3.63, 3.8) is 0 Å². The number of hydrogen-bond acceptors (Lipinski definition) is 3. The van der Waals surface area contributed by atoms with E-state index in [-0.39, 0.29) is 5.91 Å². The molecule has 0 bridgehead atoms. The standard InChI is InChI=1S/C20H23Cl2N3OS/c1-13(2)27-24-19(26)9-7-14-4-3-5-15-11-23-25(20(14)15)12-16-6-8-17(21)10-18(16)22/h6-8,10-11,13H,3-5,9,12H2,1-2H3,(H,24,26)/b14-7+. The minimum atomic E-state index is 0.0279. The largest absolute Gasteiger partial charge is 0.300 e. The lowest BCUT2D eigenvalue weighted by atomic mass is 9.92. The van der Waals surface area contributed by atoms with Gasteiger partial charge in [0.05, 0.1) is 18.4 Å². The molecule has 2 aromatic rings. The van der Waals surface area contributed by atoms with E-state index < -0.39 is 0 Å². The van der Waals surface area contributed by atoms with Gasteiger partial charge in [-0.1, -0.05) is 49.2 Å². The number of aryl methyl sites for hydroxylation is 1. The van der Waals surface area contributed by atoms with Gasteiger partial charge in [0.1, 0.15) is 0 Å². The van der Waals surface area contributed by atoms with E-state index in [1.165, 1.54) is 23.1 Å². The molecule has 0 aliphatic heterocycles. The SMILES string of the molecule is CC(C)SNC(=O)C/C=C1\CCCc2cnn(Cc3ccc(Cl)cc3Cl)c21. The predicted octanol–water partition coefficient (Wildman–Crippen LogP) is 5.52. The molecule has 144 valence electrons. The Morgan fingerprint density at radius 3 is 2.93 bits per heavy atom. The fraction of sp³-hybridized carbons (Fsp3) is 0.400. The number of carbonyl (C=O) groups excluding carboxylic acids is 1. The number of aromatic nitrogens is 2. The quantitative estimate of drug-likeness (QED) is 0.621. The number of nitrogens with one attached hydrogen (secondary N) is 1. The Morgan fingerprint density at radius 1 is 1.37 bits per heavy atom. The number of hydrogen-bond donors (Lipinski definition) is 1. The smallest absolute Gasteiger partial charge is 0.233 e. The summed E-state index contributed by atoms with van der Waals surface area (Å²) in [6, 6.07) is 5.52. The van der Waals surface area contributed by atoms with Crippen molar-refractivity contribution in [1.82, 2.24) is 14.5 Å². The number of fused-ring (bicyclic) bond motifs is 1. The molecule has 0 saturated heterocycles. The van der Waals surface area contributed by atoms with E-state index in [9.17, 15) is 4.79 Å². The van der Waals surface area contributed by atoms with E-state index in [0.717, 1.165) is 30.5 Å². The Hall–Kier alpha value is -1.43. The molecule has 1 aromatic carbocycles. The summed E-state index contributed by atoms with van der Waals surface area (Å²) in [7, 11) is 0. The number of allylic oxidation sites excluding steroid dienone is 1. The molecule has 1 amide bonds. The van der Waals surface area contributed by atoms with Gasteiger partial charge in [0.2, 0.25) is 5.91 Å². The molecule has 0 spiro atoms. The highest BCUT2D eigenvalue weighted by atomic mass is 35.5. The highest BCUT2D eigenvalue weighted by molar-refractivity contribution is 7.98. The second-order valence-electron chi connectivity index (χ2n) is 6.89. The van der Waals surface area contributed by atoms with Crippen LogP contribution in [-0.2, 0) is 17.8 Å². The van der Waals surface area contributed by atoms with E-state index >= 15 is 0 Å². The van der Waals surface area contributed by atoms with E-state index in [0.29, 0.717) is 28.3 Å². The van der Waals surface area contributed by atoms with Crippen LogP contribution in [0, 0.1) is 0 Å². The van der Waals surface area contributed by atoms with E-state index in [1.54, 1.807) is 6.07 Å². The molecule has 0 radical (unpaired) electrons. The lowest BCUT2D eigenvalue weighted by Gasteiger charge is -2.18. The Kier molecular flexibility index (Phi) is 6.90. The summed E-state index contributed by atoms with van der Waals surface area (Å²) in [6.45, 7) is 4.69. The Morgan fingerprint density at radius 2 is 2.19 bits per heavy atom. The van der Waals surface area contributed by atoms with Gasteiger partial charge < -0.3 is 0 Å². The predicted molar refractivity (Wildman–Crippen MR) is 114 cm³/mol. The van der Waals surface area contributed by atoms with Crippen molar-refractivity contribution in [3.05, 3.63) is 57.3 Å². The fourth-order valence-electron chi connectivity index (χ4n) is 3.14. The highest BCUT2D eigenvalue weighted by Crippen LogP contribution is 2.32. The maximum Gasteiger partial charge on any atom is 0.233 e. The average Bonchev–Trinajstić information content (AvgIpc) is 3.04. The van der Waals surface area contributed by atoms with Gasteiger partial charge in [-0.25, -0.2) is 0 Å². The van der Waals surface area contributed by atoms with E-state index in [1.807, 2.05) is 29.1 Å². The zero-order chi connectivity index (χ0) is 19.4. The lowest BCUT2D eigenvalue weighted by Crippen LogP contribution is -2.17. The van der Waals surface area contributed by atoms with Crippen LogP contribution in [0.2, 0.25) is 10.0 Å². The van der Waals surface area contributed by atoms with Gasteiger partial charge in [-0.2, -0.15) is 5.10 Å². The van der Waals surface area contributed by atoms with Crippen molar-refractivity contribution in [3.8, 4) is 0 Å². The third-order valence-corrected chi connectivity index (χ3v) is 5.79. The van der Waals surface area contributed by atoms with Gasteiger partial charge in [-0.15, -0.1) is 0 Å². The lowest BCUT2D eigenvalue weighted by molar-refractivity contribution is -0.118. The summed E-state index contributed by atoms with van der Waals surface area (Å²) < 4.78 is 4.87. The van der Waals surface area contributed by atoms with Gasteiger partial charge >= 0.3 is 0 Å². The molecule has 1 N–H and O–H groups in total. The van der Waals surface area contributed by atoms with Crippen molar-refractivity contribution in [2.75, 3.05) is 0 Å². The first kappa shape index (κ1) is 20.3. The molecular formula is C20H23Cl2N3OS. The summed E-state index contributed by atoms with van der Waals surface area (Å²) in [6.07, 6.45) is 7.39. The summed E-state index contributed by atoms with van der Waals surface area (Å²) in [5.41, 5.74) is 4.51. The number of benzene rings is 1. The van der Waals surface area contributed by atoms with Crippen LogP contribution in [-0.4, -0.2) is 20.9 Å². The van der Waals surface area contributed by atoms with Crippen LogP contribution in [0.25, 0.3) is 5.57 Å². The maximum absolute atomic E-state index is 12.1. The van der Waals surface area contributed by atoms with Crippen molar-refractivity contribution in [2.45, 2.75) is 51.3 Å². The monoisotopic (exact) mass is 423 g/mol. The molecule has 0 fully saturated rings. The van der Waals surface area contributed by atoms with E-state index in [2.05, 4.69) is 23.7 Å². The second kappa shape index (κ2) is 9.18. The van der Waals surface area contributed by atoms with Crippen molar-refractivity contribution in [1.29, 1.82) is 0 Å². The number of carbonyl (C=O) groups is 1. The molecule has 1 heterocycles. The molecular weight excluding hydrogens is 401 g/mol.